The van der Waals surface area contributed by atoms with E-state index in [0.717, 1.165) is 0 Å². The monoisotopic (exact) mass is 451 g/mol. The van der Waals surface area contributed by atoms with Crippen LogP contribution in [0.25, 0.3) is 5.69 Å². The molecule has 2 heterocycles. The second-order valence-electron chi connectivity index (χ2n) is 7.38. The highest BCUT2D eigenvalue weighted by Crippen LogP contribution is 2.16. The van der Waals surface area contributed by atoms with Crippen molar-refractivity contribution in [3.63, 3.8) is 0 Å². The van der Waals surface area contributed by atoms with Crippen LogP contribution in [0.3, 0.4) is 0 Å². The van der Waals surface area contributed by atoms with Crippen molar-refractivity contribution in [3.05, 3.63) is 87.8 Å². The van der Waals surface area contributed by atoms with E-state index in [1.165, 1.54) is 16.8 Å². The van der Waals surface area contributed by atoms with Crippen molar-refractivity contribution in [2.24, 2.45) is 0 Å². The molecule has 0 saturated carbocycles. The SMILES string of the molecule is O=C(Nc1cccc(Cl)c1)N1CCCN(C(=O)c2ccc(=O)n(-c3ccccc3)n2)CC1. The maximum Gasteiger partial charge on any atom is 0.321 e. The first-order chi connectivity index (χ1) is 15.5. The molecule has 4 rings (SSSR count). The van der Waals surface area contributed by atoms with Crippen molar-refractivity contribution in [2.75, 3.05) is 31.5 Å². The van der Waals surface area contributed by atoms with E-state index in [4.69, 9.17) is 11.6 Å². The number of anilines is 1. The fraction of sp³-hybridized carbons (Fsp3) is 0.217. The van der Waals surface area contributed by atoms with Gasteiger partial charge in [0.15, 0.2) is 0 Å². The molecule has 2 aromatic carbocycles. The largest absolute Gasteiger partial charge is 0.335 e. The summed E-state index contributed by atoms with van der Waals surface area (Å²) in [5.74, 6) is -0.271. The minimum atomic E-state index is -0.313. The van der Waals surface area contributed by atoms with Crippen molar-refractivity contribution in [2.45, 2.75) is 6.42 Å². The second-order valence-corrected chi connectivity index (χ2v) is 7.81. The maximum absolute atomic E-state index is 13.1. The number of carbonyl (C=O) groups is 2. The Morgan fingerprint density at radius 1 is 0.875 bits per heavy atom. The highest BCUT2D eigenvalue weighted by atomic mass is 35.5. The van der Waals surface area contributed by atoms with Gasteiger partial charge < -0.3 is 15.1 Å². The van der Waals surface area contributed by atoms with E-state index in [-0.39, 0.29) is 23.2 Å². The number of amides is 3. The number of benzene rings is 2. The van der Waals surface area contributed by atoms with E-state index < -0.39 is 0 Å². The van der Waals surface area contributed by atoms with Crippen molar-refractivity contribution >= 4 is 29.2 Å². The fourth-order valence-corrected chi connectivity index (χ4v) is 3.72. The second kappa shape index (κ2) is 9.65. The Bertz CT molecular complexity index is 1180. The molecule has 1 N–H and O–H groups in total. The van der Waals surface area contributed by atoms with Gasteiger partial charge in [-0.2, -0.15) is 9.78 Å². The third-order valence-electron chi connectivity index (χ3n) is 5.17. The normalized spacial score (nSPS) is 14.0. The molecule has 9 heteroatoms. The molecule has 3 amide bonds. The average molecular weight is 452 g/mol. The molecule has 0 unspecified atom stereocenters. The van der Waals surface area contributed by atoms with Gasteiger partial charge in [-0.15, -0.1) is 0 Å². The van der Waals surface area contributed by atoms with Crippen LogP contribution in [0.1, 0.15) is 16.9 Å². The molecule has 3 aromatic rings. The summed E-state index contributed by atoms with van der Waals surface area (Å²) in [5.41, 5.74) is 1.08. The Kier molecular flexibility index (Phi) is 6.51. The molecular formula is C23H22ClN5O3. The Balaban J connectivity index is 1.44. The van der Waals surface area contributed by atoms with Crippen molar-refractivity contribution in [3.8, 4) is 5.69 Å². The van der Waals surface area contributed by atoms with Crippen molar-refractivity contribution in [1.82, 2.24) is 19.6 Å². The Labute approximate surface area is 190 Å². The van der Waals surface area contributed by atoms with Gasteiger partial charge in [-0.05, 0) is 42.8 Å². The molecule has 1 saturated heterocycles. The summed E-state index contributed by atoms with van der Waals surface area (Å²) < 4.78 is 1.22. The summed E-state index contributed by atoms with van der Waals surface area (Å²) in [6, 6.07) is 18.5. The Morgan fingerprint density at radius 3 is 2.41 bits per heavy atom. The fourth-order valence-electron chi connectivity index (χ4n) is 3.53. The molecule has 0 radical (unpaired) electrons. The summed E-state index contributed by atoms with van der Waals surface area (Å²) in [7, 11) is 0. The molecule has 1 aromatic heterocycles. The van der Waals surface area contributed by atoms with Gasteiger partial charge >= 0.3 is 6.03 Å². The lowest BCUT2D eigenvalue weighted by Gasteiger charge is -2.22. The van der Waals surface area contributed by atoms with Crippen molar-refractivity contribution in [1.29, 1.82) is 0 Å². The molecule has 1 aliphatic heterocycles. The van der Waals surface area contributed by atoms with Gasteiger partial charge in [0, 0.05) is 43.0 Å². The Hall–Kier alpha value is -3.65. The van der Waals surface area contributed by atoms with Crippen LogP contribution in [0.2, 0.25) is 5.02 Å². The predicted octanol–water partition coefficient (Wildman–Crippen LogP) is 3.27. The minimum Gasteiger partial charge on any atom is -0.335 e. The number of halogens is 1. The number of rotatable bonds is 3. The molecule has 8 nitrogen and oxygen atoms in total. The summed E-state index contributed by atoms with van der Waals surface area (Å²) in [6.45, 7) is 1.77. The van der Waals surface area contributed by atoms with Crippen LogP contribution < -0.4 is 10.9 Å². The lowest BCUT2D eigenvalue weighted by Crippen LogP contribution is -2.39. The lowest BCUT2D eigenvalue weighted by atomic mass is 10.3. The van der Waals surface area contributed by atoms with Crippen LogP contribution in [-0.4, -0.2) is 57.7 Å². The van der Waals surface area contributed by atoms with E-state index in [1.54, 1.807) is 58.3 Å². The maximum atomic E-state index is 13.1. The van der Waals surface area contributed by atoms with E-state index in [9.17, 15) is 14.4 Å². The molecule has 1 aliphatic rings. The third-order valence-corrected chi connectivity index (χ3v) is 5.40. The third kappa shape index (κ3) is 4.97. The molecule has 0 aliphatic carbocycles. The number of nitrogens with zero attached hydrogens (tertiary/aromatic N) is 4. The number of hydrogen-bond acceptors (Lipinski definition) is 4. The van der Waals surface area contributed by atoms with Gasteiger partial charge in [-0.25, -0.2) is 4.79 Å². The quantitative estimate of drug-likeness (QED) is 0.662. The van der Waals surface area contributed by atoms with Gasteiger partial charge in [-0.3, -0.25) is 9.59 Å². The summed E-state index contributed by atoms with van der Waals surface area (Å²) in [4.78, 5) is 41.3. The molecule has 0 spiro atoms. The molecule has 0 atom stereocenters. The van der Waals surface area contributed by atoms with E-state index >= 15 is 0 Å². The summed E-state index contributed by atoms with van der Waals surface area (Å²) in [5, 5.41) is 7.65. The Morgan fingerprint density at radius 2 is 1.62 bits per heavy atom. The van der Waals surface area contributed by atoms with Gasteiger partial charge in [-0.1, -0.05) is 35.9 Å². The highest BCUT2D eigenvalue weighted by molar-refractivity contribution is 6.30. The first kappa shape index (κ1) is 21.6. The number of carbonyl (C=O) groups excluding carboxylic acids is 2. The van der Waals surface area contributed by atoms with E-state index in [2.05, 4.69) is 10.4 Å². The zero-order chi connectivity index (χ0) is 22.5. The predicted molar refractivity (Wildman–Crippen MR) is 122 cm³/mol. The smallest absolute Gasteiger partial charge is 0.321 e. The van der Waals surface area contributed by atoms with E-state index in [0.29, 0.717) is 49.0 Å². The number of urea groups is 1. The topological polar surface area (TPSA) is 87.5 Å². The van der Waals surface area contributed by atoms with Crippen LogP contribution >= 0.6 is 11.6 Å². The van der Waals surface area contributed by atoms with Gasteiger partial charge in [0.2, 0.25) is 0 Å². The first-order valence-electron chi connectivity index (χ1n) is 10.3. The molecular weight excluding hydrogens is 430 g/mol. The standard InChI is InChI=1S/C23H22ClN5O3/c24-17-6-4-7-18(16-17)25-23(32)28-13-5-12-27(14-15-28)22(31)20-10-11-21(30)29(26-20)19-8-2-1-3-9-19/h1-4,6-11,16H,5,12-15H2,(H,25,32). The molecule has 164 valence electrons. The van der Waals surface area contributed by atoms with Gasteiger partial charge in [0.25, 0.3) is 11.5 Å². The van der Waals surface area contributed by atoms with Crippen LogP contribution in [0.15, 0.2) is 71.5 Å². The number of para-hydroxylation sites is 1. The van der Waals surface area contributed by atoms with Gasteiger partial charge in [0.1, 0.15) is 5.69 Å². The van der Waals surface area contributed by atoms with Crippen molar-refractivity contribution < 1.29 is 9.59 Å². The lowest BCUT2D eigenvalue weighted by molar-refractivity contribution is 0.0754. The highest BCUT2D eigenvalue weighted by Gasteiger charge is 2.24. The zero-order valence-corrected chi connectivity index (χ0v) is 18.0. The molecule has 0 bridgehead atoms. The van der Waals surface area contributed by atoms with Crippen LogP contribution in [-0.2, 0) is 0 Å². The van der Waals surface area contributed by atoms with Crippen LogP contribution in [0.4, 0.5) is 10.5 Å². The van der Waals surface area contributed by atoms with Crippen LogP contribution in [0, 0.1) is 0 Å². The first-order valence-corrected chi connectivity index (χ1v) is 10.7. The molecule has 32 heavy (non-hydrogen) atoms. The van der Waals surface area contributed by atoms with Crippen LogP contribution in [0.5, 0.6) is 0 Å². The summed E-state index contributed by atoms with van der Waals surface area (Å²) in [6.07, 6.45) is 0.632. The minimum absolute atomic E-state index is 0.185. The zero-order valence-electron chi connectivity index (χ0n) is 17.3. The molecule has 1 fully saturated rings. The number of hydrogen-bond donors (Lipinski definition) is 1. The number of aromatic nitrogens is 2. The average Bonchev–Trinajstić information content (AvgIpc) is 3.06. The van der Waals surface area contributed by atoms with Gasteiger partial charge in [0.05, 0.1) is 5.69 Å². The number of nitrogens with one attached hydrogen (secondary N) is 1. The summed E-state index contributed by atoms with van der Waals surface area (Å²) >= 11 is 5.98. The van der Waals surface area contributed by atoms with E-state index in [1.807, 2.05) is 6.07 Å².